The van der Waals surface area contributed by atoms with Gasteiger partial charge in [0.2, 0.25) is 5.91 Å². The van der Waals surface area contributed by atoms with Gasteiger partial charge in [0.25, 0.3) is 0 Å². The molecule has 5 nitrogen and oxygen atoms in total. The van der Waals surface area contributed by atoms with Gasteiger partial charge in [-0.2, -0.15) is 5.10 Å². The quantitative estimate of drug-likeness (QED) is 0.662. The van der Waals surface area contributed by atoms with Crippen LogP contribution in [0.1, 0.15) is 18.4 Å². The Hall–Kier alpha value is -2.34. The number of benzene rings is 2. The van der Waals surface area contributed by atoms with Crippen molar-refractivity contribution < 1.29 is 4.79 Å². The maximum absolute atomic E-state index is 13.0. The summed E-state index contributed by atoms with van der Waals surface area (Å²) in [4.78, 5) is 14.9. The Kier molecular flexibility index (Phi) is 6.96. The molecule has 0 radical (unpaired) electrons. The molecule has 2 N–H and O–H groups in total. The van der Waals surface area contributed by atoms with E-state index in [1.807, 2.05) is 70.4 Å². The van der Waals surface area contributed by atoms with Crippen LogP contribution in [0.25, 0.3) is 16.9 Å². The van der Waals surface area contributed by atoms with Gasteiger partial charge in [0, 0.05) is 41.5 Å². The van der Waals surface area contributed by atoms with E-state index >= 15 is 0 Å². The number of rotatable bonds is 5. The van der Waals surface area contributed by atoms with Crippen molar-refractivity contribution in [2.24, 2.45) is 5.73 Å². The van der Waals surface area contributed by atoms with E-state index in [2.05, 4.69) is 0 Å². The van der Waals surface area contributed by atoms with Gasteiger partial charge >= 0.3 is 0 Å². The number of amides is 1. The first-order valence-electron chi connectivity index (χ1n) is 9.55. The normalized spacial score (nSPS) is 15.9. The molecule has 1 aliphatic rings. The van der Waals surface area contributed by atoms with E-state index in [0.717, 1.165) is 41.9 Å². The standard InChI is InChI=1S/C22H23ClN4O.ClH/c23-18-10-8-16(9-11-18)22-17(13-21(28)26-12-4-7-20(26)14-24)15-27(25-22)19-5-2-1-3-6-19;/h1-3,5-6,8-11,15,20H,4,7,12-14,24H2;1H. The highest BCUT2D eigenvalue weighted by molar-refractivity contribution is 6.30. The highest BCUT2D eigenvalue weighted by Crippen LogP contribution is 2.27. The molecule has 4 rings (SSSR count). The Labute approximate surface area is 181 Å². The molecule has 29 heavy (non-hydrogen) atoms. The molecule has 1 unspecified atom stereocenters. The number of hydrogen-bond acceptors (Lipinski definition) is 3. The van der Waals surface area contributed by atoms with Crippen molar-refractivity contribution in [3.05, 3.63) is 71.4 Å². The van der Waals surface area contributed by atoms with Crippen LogP contribution >= 0.6 is 24.0 Å². The van der Waals surface area contributed by atoms with Gasteiger partial charge < -0.3 is 10.6 Å². The van der Waals surface area contributed by atoms with Gasteiger partial charge in [0.05, 0.1) is 17.8 Å². The predicted molar refractivity (Wildman–Crippen MR) is 119 cm³/mol. The maximum Gasteiger partial charge on any atom is 0.227 e. The molecule has 1 fully saturated rings. The number of halogens is 2. The lowest BCUT2D eigenvalue weighted by Crippen LogP contribution is -2.40. The summed E-state index contributed by atoms with van der Waals surface area (Å²) in [5.74, 6) is 0.107. The molecule has 2 aromatic carbocycles. The third kappa shape index (κ3) is 4.64. The van der Waals surface area contributed by atoms with Gasteiger partial charge in [0.15, 0.2) is 0 Å². The molecular formula is C22H24Cl2N4O. The number of aromatic nitrogens is 2. The van der Waals surface area contributed by atoms with Crippen LogP contribution in [0.2, 0.25) is 5.02 Å². The van der Waals surface area contributed by atoms with E-state index < -0.39 is 0 Å². The predicted octanol–water partition coefficient (Wildman–Crippen LogP) is 4.11. The second kappa shape index (κ2) is 9.44. The van der Waals surface area contributed by atoms with Crippen molar-refractivity contribution in [2.75, 3.05) is 13.1 Å². The van der Waals surface area contributed by atoms with Crippen LogP contribution in [-0.2, 0) is 11.2 Å². The zero-order chi connectivity index (χ0) is 19.5. The summed E-state index contributed by atoms with van der Waals surface area (Å²) < 4.78 is 1.83. The second-order valence-electron chi connectivity index (χ2n) is 7.09. The van der Waals surface area contributed by atoms with E-state index in [0.29, 0.717) is 18.0 Å². The zero-order valence-electron chi connectivity index (χ0n) is 16.0. The molecule has 3 aromatic rings. The molecule has 0 spiro atoms. The molecular weight excluding hydrogens is 407 g/mol. The lowest BCUT2D eigenvalue weighted by molar-refractivity contribution is -0.131. The topological polar surface area (TPSA) is 64.2 Å². The van der Waals surface area contributed by atoms with Crippen LogP contribution in [-0.4, -0.2) is 39.7 Å². The zero-order valence-corrected chi connectivity index (χ0v) is 17.6. The average molecular weight is 431 g/mol. The Morgan fingerprint density at radius 2 is 1.86 bits per heavy atom. The minimum atomic E-state index is 0. The minimum absolute atomic E-state index is 0. The summed E-state index contributed by atoms with van der Waals surface area (Å²) in [5.41, 5.74) is 9.45. The fourth-order valence-electron chi connectivity index (χ4n) is 3.78. The molecule has 7 heteroatoms. The van der Waals surface area contributed by atoms with Crippen molar-refractivity contribution >= 4 is 29.9 Å². The van der Waals surface area contributed by atoms with Crippen molar-refractivity contribution in [2.45, 2.75) is 25.3 Å². The Bertz CT molecular complexity index is 957. The molecule has 0 saturated carbocycles. The summed E-state index contributed by atoms with van der Waals surface area (Å²) in [5, 5.41) is 5.45. The molecule has 152 valence electrons. The van der Waals surface area contributed by atoms with Crippen LogP contribution in [0.4, 0.5) is 0 Å². The van der Waals surface area contributed by atoms with Gasteiger partial charge in [-0.15, -0.1) is 12.4 Å². The largest absolute Gasteiger partial charge is 0.338 e. The molecule has 1 aromatic heterocycles. The van der Waals surface area contributed by atoms with E-state index in [1.165, 1.54) is 0 Å². The SMILES string of the molecule is Cl.NCC1CCCN1C(=O)Cc1cn(-c2ccccc2)nc1-c1ccc(Cl)cc1. The van der Waals surface area contributed by atoms with Gasteiger partial charge in [-0.1, -0.05) is 41.9 Å². The van der Waals surface area contributed by atoms with E-state index in [4.69, 9.17) is 22.4 Å². The number of carbonyl (C=O) groups is 1. The fourth-order valence-corrected chi connectivity index (χ4v) is 3.90. The number of hydrogen-bond donors (Lipinski definition) is 1. The first-order chi connectivity index (χ1) is 13.7. The van der Waals surface area contributed by atoms with Crippen molar-refractivity contribution in [1.82, 2.24) is 14.7 Å². The first-order valence-corrected chi connectivity index (χ1v) is 9.93. The minimum Gasteiger partial charge on any atom is -0.338 e. The first kappa shape index (κ1) is 21.4. The number of carbonyl (C=O) groups excluding carboxylic acids is 1. The Morgan fingerprint density at radius 1 is 1.14 bits per heavy atom. The van der Waals surface area contributed by atoms with E-state index in [-0.39, 0.29) is 24.4 Å². The summed E-state index contributed by atoms with van der Waals surface area (Å²) >= 11 is 6.04. The third-order valence-electron chi connectivity index (χ3n) is 5.24. The van der Waals surface area contributed by atoms with Crippen molar-refractivity contribution in [1.29, 1.82) is 0 Å². The summed E-state index contributed by atoms with van der Waals surface area (Å²) in [6.07, 6.45) is 4.25. The van der Waals surface area contributed by atoms with Crippen LogP contribution < -0.4 is 5.73 Å². The van der Waals surface area contributed by atoms with Crippen LogP contribution in [0.15, 0.2) is 60.8 Å². The number of para-hydroxylation sites is 1. The van der Waals surface area contributed by atoms with E-state index in [9.17, 15) is 4.79 Å². The summed E-state index contributed by atoms with van der Waals surface area (Å²) in [6.45, 7) is 1.29. The lowest BCUT2D eigenvalue weighted by Gasteiger charge is -2.23. The third-order valence-corrected chi connectivity index (χ3v) is 5.49. The highest BCUT2D eigenvalue weighted by atomic mass is 35.5. The molecule has 2 heterocycles. The lowest BCUT2D eigenvalue weighted by atomic mass is 10.1. The van der Waals surface area contributed by atoms with Crippen LogP contribution in [0.3, 0.4) is 0 Å². The van der Waals surface area contributed by atoms with Gasteiger partial charge in [-0.05, 0) is 37.1 Å². The second-order valence-corrected chi connectivity index (χ2v) is 7.52. The Morgan fingerprint density at radius 3 is 2.55 bits per heavy atom. The number of nitrogens with two attached hydrogens (primary N) is 1. The molecule has 1 aliphatic heterocycles. The fraction of sp³-hybridized carbons (Fsp3) is 0.273. The van der Waals surface area contributed by atoms with E-state index in [1.54, 1.807) is 0 Å². The Balaban J connectivity index is 0.00000240. The molecule has 1 atom stereocenters. The van der Waals surface area contributed by atoms with Crippen molar-refractivity contribution in [3.8, 4) is 16.9 Å². The van der Waals surface area contributed by atoms with Gasteiger partial charge in [-0.25, -0.2) is 4.68 Å². The molecule has 1 amide bonds. The molecule has 1 saturated heterocycles. The van der Waals surface area contributed by atoms with Crippen molar-refractivity contribution in [3.63, 3.8) is 0 Å². The van der Waals surface area contributed by atoms with Crippen LogP contribution in [0, 0.1) is 0 Å². The number of nitrogens with zero attached hydrogens (tertiary/aromatic N) is 3. The highest BCUT2D eigenvalue weighted by Gasteiger charge is 2.28. The summed E-state index contributed by atoms with van der Waals surface area (Å²) in [7, 11) is 0. The van der Waals surface area contributed by atoms with Crippen LogP contribution in [0.5, 0.6) is 0 Å². The van der Waals surface area contributed by atoms with Gasteiger partial charge in [0.1, 0.15) is 0 Å². The molecule has 0 bridgehead atoms. The smallest absolute Gasteiger partial charge is 0.227 e. The monoisotopic (exact) mass is 430 g/mol. The average Bonchev–Trinajstić information content (AvgIpc) is 3.36. The summed E-state index contributed by atoms with van der Waals surface area (Å²) in [6, 6.07) is 17.6. The molecule has 0 aliphatic carbocycles. The maximum atomic E-state index is 13.0. The van der Waals surface area contributed by atoms with Gasteiger partial charge in [-0.3, -0.25) is 4.79 Å². The number of likely N-dealkylation sites (tertiary alicyclic amines) is 1.